The van der Waals surface area contributed by atoms with Crippen molar-refractivity contribution in [2.45, 2.75) is 32.0 Å². The van der Waals surface area contributed by atoms with Crippen LogP contribution in [0.2, 0.25) is 5.02 Å². The number of piperidine rings is 1. The Kier molecular flexibility index (Phi) is 5.83. The van der Waals surface area contributed by atoms with Crippen LogP contribution in [-0.4, -0.2) is 24.0 Å². The molecule has 164 valence electrons. The third kappa shape index (κ3) is 4.63. The summed E-state index contributed by atoms with van der Waals surface area (Å²) in [5.41, 5.74) is -0.108. The predicted molar refractivity (Wildman–Crippen MR) is 112 cm³/mol. The Morgan fingerprint density at radius 3 is 2.61 bits per heavy atom. The number of furan rings is 1. The number of fused-ring (bicyclic) bond motifs is 1. The Morgan fingerprint density at radius 2 is 1.97 bits per heavy atom. The third-order valence-corrected chi connectivity index (χ3v) is 5.82. The van der Waals surface area contributed by atoms with Gasteiger partial charge in [-0.2, -0.15) is 13.2 Å². The maximum Gasteiger partial charge on any atom is 0.417 e. The number of hydrogen-bond donors (Lipinski definition) is 1. The molecule has 0 radical (unpaired) electrons. The molecule has 1 atom stereocenters. The van der Waals surface area contributed by atoms with Gasteiger partial charge in [-0.1, -0.05) is 29.8 Å². The molecule has 0 saturated carbocycles. The van der Waals surface area contributed by atoms with E-state index in [1.807, 2.05) is 42.2 Å². The molecule has 9 heteroatoms. The highest BCUT2D eigenvalue weighted by atomic mass is 35.5. The van der Waals surface area contributed by atoms with Crippen molar-refractivity contribution in [1.82, 2.24) is 10.3 Å². The Bertz CT molecular complexity index is 1060. The van der Waals surface area contributed by atoms with Gasteiger partial charge in [0.05, 0.1) is 16.6 Å². The van der Waals surface area contributed by atoms with Crippen LogP contribution in [0.15, 0.2) is 47.0 Å². The van der Waals surface area contributed by atoms with Gasteiger partial charge in [0.2, 0.25) is 5.91 Å². The van der Waals surface area contributed by atoms with Crippen LogP contribution < -0.4 is 10.2 Å². The third-order valence-electron chi connectivity index (χ3n) is 5.54. The molecule has 3 aromatic rings. The second-order valence-electron chi connectivity index (χ2n) is 7.71. The van der Waals surface area contributed by atoms with Crippen LogP contribution in [0, 0.1) is 5.92 Å². The molecule has 1 amide bonds. The summed E-state index contributed by atoms with van der Waals surface area (Å²) < 4.78 is 44.2. The number of pyridine rings is 1. The lowest BCUT2D eigenvalue weighted by molar-refractivity contribution is -0.137. The first-order valence-corrected chi connectivity index (χ1v) is 10.4. The summed E-state index contributed by atoms with van der Waals surface area (Å²) in [7, 11) is 0. The summed E-state index contributed by atoms with van der Waals surface area (Å²) in [5, 5.41) is 3.93. The van der Waals surface area contributed by atoms with Crippen LogP contribution in [0.5, 0.6) is 0 Å². The minimum atomic E-state index is -4.49. The highest BCUT2D eigenvalue weighted by Gasteiger charge is 2.33. The molecule has 1 N–H and O–H groups in total. The first-order chi connectivity index (χ1) is 14.7. The minimum absolute atomic E-state index is 0.0452. The highest BCUT2D eigenvalue weighted by molar-refractivity contribution is 6.33. The minimum Gasteiger partial charge on any atom is -0.459 e. The number of amides is 1. The number of carbonyl (C=O) groups is 1. The zero-order valence-electron chi connectivity index (χ0n) is 16.7. The quantitative estimate of drug-likeness (QED) is 0.561. The van der Waals surface area contributed by atoms with Crippen LogP contribution >= 0.6 is 11.6 Å². The van der Waals surface area contributed by atoms with Gasteiger partial charge in [-0.25, -0.2) is 4.98 Å². The van der Waals surface area contributed by atoms with Crippen LogP contribution in [0.3, 0.4) is 0 Å². The number of hydrogen-bond acceptors (Lipinski definition) is 4. The van der Waals surface area contributed by atoms with E-state index in [0.717, 1.165) is 23.2 Å². The zero-order valence-corrected chi connectivity index (χ0v) is 17.5. The van der Waals surface area contributed by atoms with E-state index in [1.54, 1.807) is 0 Å². The van der Waals surface area contributed by atoms with Gasteiger partial charge in [0.15, 0.2) is 0 Å². The van der Waals surface area contributed by atoms with Crippen molar-refractivity contribution >= 4 is 34.3 Å². The van der Waals surface area contributed by atoms with Gasteiger partial charge in [0.25, 0.3) is 0 Å². The van der Waals surface area contributed by atoms with Gasteiger partial charge < -0.3 is 14.6 Å². The molecule has 0 bridgehead atoms. The van der Waals surface area contributed by atoms with E-state index in [1.165, 1.54) is 0 Å². The SMILES string of the molecule is CC(NC(=O)C1CCN(c2ncc(C(F)(F)F)cc2Cl)CC1)c1cc2ccccc2o1. The van der Waals surface area contributed by atoms with E-state index in [9.17, 15) is 18.0 Å². The Morgan fingerprint density at radius 1 is 1.26 bits per heavy atom. The van der Waals surface area contributed by atoms with Crippen LogP contribution in [0.1, 0.15) is 37.1 Å². The number of benzene rings is 1. The molecule has 1 saturated heterocycles. The molecule has 0 aliphatic carbocycles. The Balaban J connectivity index is 1.35. The van der Waals surface area contributed by atoms with E-state index in [2.05, 4.69) is 10.3 Å². The molecule has 2 aromatic heterocycles. The van der Waals surface area contributed by atoms with Crippen LogP contribution in [0.4, 0.5) is 19.0 Å². The first-order valence-electron chi connectivity index (χ1n) is 9.99. The zero-order chi connectivity index (χ0) is 22.2. The van der Waals surface area contributed by atoms with Crippen molar-refractivity contribution in [2.24, 2.45) is 5.92 Å². The number of carbonyl (C=O) groups excluding carboxylic acids is 1. The average molecular weight is 452 g/mol. The maximum atomic E-state index is 12.8. The average Bonchev–Trinajstić information content (AvgIpc) is 3.18. The number of para-hydroxylation sites is 1. The molecule has 1 aromatic carbocycles. The summed E-state index contributed by atoms with van der Waals surface area (Å²) >= 11 is 6.04. The van der Waals surface area contributed by atoms with Gasteiger partial charge >= 0.3 is 6.18 Å². The summed E-state index contributed by atoms with van der Waals surface area (Å²) in [6.45, 7) is 2.83. The van der Waals surface area contributed by atoms with Gasteiger partial charge in [-0.15, -0.1) is 0 Å². The number of nitrogens with one attached hydrogen (secondary N) is 1. The molecule has 31 heavy (non-hydrogen) atoms. The maximum absolute atomic E-state index is 12.8. The largest absolute Gasteiger partial charge is 0.459 e. The van der Waals surface area contributed by atoms with Crippen molar-refractivity contribution in [3.05, 3.63) is 58.9 Å². The van der Waals surface area contributed by atoms with E-state index < -0.39 is 11.7 Å². The number of rotatable bonds is 4. The molecule has 1 fully saturated rings. The first kappa shape index (κ1) is 21.5. The number of halogens is 4. The molecule has 0 spiro atoms. The number of aromatic nitrogens is 1. The fraction of sp³-hybridized carbons (Fsp3) is 0.364. The van der Waals surface area contributed by atoms with Gasteiger partial charge in [-0.3, -0.25) is 4.79 Å². The standard InChI is InChI=1S/C22H21ClF3N3O2/c1-13(19-10-15-4-2-3-5-18(15)31-19)28-21(30)14-6-8-29(9-7-14)20-17(23)11-16(12-27-20)22(24,25)26/h2-5,10-14H,6-9H2,1H3,(H,28,30). The number of alkyl halides is 3. The van der Waals surface area contributed by atoms with E-state index in [-0.39, 0.29) is 22.9 Å². The van der Waals surface area contributed by atoms with Crippen molar-refractivity contribution in [3.8, 4) is 0 Å². The summed E-state index contributed by atoms with van der Waals surface area (Å²) in [6, 6.07) is 10.2. The summed E-state index contributed by atoms with van der Waals surface area (Å²) in [5.74, 6) is 0.729. The van der Waals surface area contributed by atoms with E-state index in [0.29, 0.717) is 37.5 Å². The van der Waals surface area contributed by atoms with Gasteiger partial charge in [0, 0.05) is 30.6 Å². The molecule has 5 nitrogen and oxygen atoms in total. The smallest absolute Gasteiger partial charge is 0.417 e. The molecule has 1 unspecified atom stereocenters. The molecular formula is C22H21ClF3N3O2. The second kappa shape index (κ2) is 8.42. The van der Waals surface area contributed by atoms with Gasteiger partial charge in [-0.05, 0) is 38.0 Å². The Hall–Kier alpha value is -2.74. The fourth-order valence-corrected chi connectivity index (χ4v) is 4.08. The molecule has 4 rings (SSSR count). The number of nitrogens with zero attached hydrogens (tertiary/aromatic N) is 2. The second-order valence-corrected chi connectivity index (χ2v) is 8.11. The van der Waals surface area contributed by atoms with Crippen molar-refractivity contribution < 1.29 is 22.4 Å². The van der Waals surface area contributed by atoms with E-state index >= 15 is 0 Å². The molecule has 1 aliphatic heterocycles. The van der Waals surface area contributed by atoms with Crippen LogP contribution in [-0.2, 0) is 11.0 Å². The lowest BCUT2D eigenvalue weighted by atomic mass is 9.95. The topological polar surface area (TPSA) is 58.4 Å². The van der Waals surface area contributed by atoms with E-state index in [4.69, 9.17) is 16.0 Å². The van der Waals surface area contributed by atoms with Crippen LogP contribution in [0.25, 0.3) is 11.0 Å². The van der Waals surface area contributed by atoms with Gasteiger partial charge in [0.1, 0.15) is 17.2 Å². The van der Waals surface area contributed by atoms with Crippen molar-refractivity contribution in [1.29, 1.82) is 0 Å². The lowest BCUT2D eigenvalue weighted by Crippen LogP contribution is -2.41. The number of anilines is 1. The molecule has 3 heterocycles. The monoisotopic (exact) mass is 451 g/mol. The summed E-state index contributed by atoms with van der Waals surface area (Å²) in [4.78, 5) is 18.4. The predicted octanol–water partition coefficient (Wildman–Crippen LogP) is 5.59. The molecule has 1 aliphatic rings. The fourth-order valence-electron chi connectivity index (χ4n) is 3.79. The Labute approximate surface area is 182 Å². The lowest BCUT2D eigenvalue weighted by Gasteiger charge is -2.33. The molecular weight excluding hydrogens is 431 g/mol. The highest BCUT2D eigenvalue weighted by Crippen LogP contribution is 2.35. The normalized spacial score (nSPS) is 16.5. The van der Waals surface area contributed by atoms with Crippen molar-refractivity contribution in [2.75, 3.05) is 18.0 Å². The summed E-state index contributed by atoms with van der Waals surface area (Å²) in [6.07, 6.45) is -2.60. The van der Waals surface area contributed by atoms with Crippen molar-refractivity contribution in [3.63, 3.8) is 0 Å².